The summed E-state index contributed by atoms with van der Waals surface area (Å²) >= 11 is 0. The van der Waals surface area contributed by atoms with Gasteiger partial charge in [-0.2, -0.15) is 0 Å². The van der Waals surface area contributed by atoms with E-state index in [-0.39, 0.29) is 24.1 Å². The summed E-state index contributed by atoms with van der Waals surface area (Å²) in [5.41, 5.74) is 6.61. The number of nitrogens with one attached hydrogen (secondary N) is 1. The molecule has 1 aromatic carbocycles. The number of methoxy groups -OCH3 is 1. The topological polar surface area (TPSA) is 111 Å². The number of hydrogen-bond acceptors (Lipinski definition) is 6. The fourth-order valence-corrected chi connectivity index (χ4v) is 1.66. The summed E-state index contributed by atoms with van der Waals surface area (Å²) in [6.45, 7) is 0.0600. The molecule has 0 bridgehead atoms. The van der Waals surface area contributed by atoms with Crippen molar-refractivity contribution in [2.24, 2.45) is 5.73 Å². The third kappa shape index (κ3) is 3.80. The van der Waals surface area contributed by atoms with Crippen LogP contribution in [0.2, 0.25) is 0 Å². The molecule has 2 rings (SSSR count). The minimum atomic E-state index is -0.729. The van der Waals surface area contributed by atoms with Crippen LogP contribution in [0.1, 0.15) is 28.0 Å². The first-order valence-corrected chi connectivity index (χ1v) is 6.37. The average Bonchev–Trinajstić information content (AvgIpc) is 3.02. The zero-order valence-electron chi connectivity index (χ0n) is 11.6. The minimum absolute atomic E-state index is 0.127. The molecular weight excluding hydrogens is 274 g/mol. The van der Waals surface area contributed by atoms with Crippen molar-refractivity contribution in [2.75, 3.05) is 13.7 Å². The second kappa shape index (κ2) is 6.87. The van der Waals surface area contributed by atoms with Crippen LogP contribution in [0.5, 0.6) is 5.75 Å². The lowest BCUT2D eigenvalue weighted by Gasteiger charge is -2.04. The van der Waals surface area contributed by atoms with Gasteiger partial charge < -0.3 is 25.3 Å². The summed E-state index contributed by atoms with van der Waals surface area (Å²) in [5.74, 6) is 0.516. The monoisotopic (exact) mass is 291 g/mol. The third-order valence-electron chi connectivity index (χ3n) is 2.88. The van der Waals surface area contributed by atoms with Crippen LogP contribution < -0.4 is 15.8 Å². The van der Waals surface area contributed by atoms with Gasteiger partial charge in [-0.25, -0.2) is 4.98 Å². The van der Waals surface area contributed by atoms with E-state index in [9.17, 15) is 4.79 Å². The zero-order valence-corrected chi connectivity index (χ0v) is 11.6. The summed E-state index contributed by atoms with van der Waals surface area (Å²) in [4.78, 5) is 15.8. The van der Waals surface area contributed by atoms with Gasteiger partial charge in [0.15, 0.2) is 5.69 Å². The Labute approximate surface area is 121 Å². The van der Waals surface area contributed by atoms with E-state index in [1.165, 1.54) is 6.26 Å². The molecule has 7 heteroatoms. The summed E-state index contributed by atoms with van der Waals surface area (Å²) in [6.07, 6.45) is 1.22. The molecule has 0 saturated heterocycles. The lowest BCUT2D eigenvalue weighted by molar-refractivity contribution is 0.0946. The van der Waals surface area contributed by atoms with Crippen molar-refractivity contribution in [1.82, 2.24) is 10.3 Å². The smallest absolute Gasteiger partial charge is 0.273 e. The molecule has 1 aromatic heterocycles. The summed E-state index contributed by atoms with van der Waals surface area (Å²) in [7, 11) is 1.59. The number of amides is 1. The highest BCUT2D eigenvalue weighted by Crippen LogP contribution is 2.12. The van der Waals surface area contributed by atoms with Crippen LogP contribution in [0.4, 0.5) is 0 Å². The summed E-state index contributed by atoms with van der Waals surface area (Å²) in [5, 5.41) is 11.6. The lowest BCUT2D eigenvalue weighted by atomic mass is 10.2. The van der Waals surface area contributed by atoms with Crippen LogP contribution in [0, 0.1) is 0 Å². The van der Waals surface area contributed by atoms with Gasteiger partial charge in [-0.3, -0.25) is 4.79 Å². The molecule has 2 aromatic rings. The van der Waals surface area contributed by atoms with Crippen LogP contribution >= 0.6 is 0 Å². The molecule has 0 aliphatic heterocycles. The maximum Gasteiger partial charge on any atom is 0.273 e. The quantitative estimate of drug-likeness (QED) is 0.719. The molecule has 1 atom stereocenters. The number of aromatic nitrogens is 1. The molecule has 1 heterocycles. The maximum atomic E-state index is 11.9. The summed E-state index contributed by atoms with van der Waals surface area (Å²) in [6, 6.07) is 6.61. The highest BCUT2D eigenvalue weighted by molar-refractivity contribution is 5.91. The molecule has 0 fully saturated rings. The number of aliphatic hydroxyl groups excluding tert-OH is 1. The van der Waals surface area contributed by atoms with Crippen molar-refractivity contribution in [1.29, 1.82) is 0 Å². The molecule has 0 radical (unpaired) electrons. The number of oxazole rings is 1. The van der Waals surface area contributed by atoms with Gasteiger partial charge in [-0.05, 0) is 17.7 Å². The van der Waals surface area contributed by atoms with Crippen LogP contribution in [-0.4, -0.2) is 29.7 Å². The largest absolute Gasteiger partial charge is 0.497 e. The summed E-state index contributed by atoms with van der Waals surface area (Å²) < 4.78 is 10.1. The van der Waals surface area contributed by atoms with E-state index in [0.717, 1.165) is 11.3 Å². The number of hydrogen-bond donors (Lipinski definition) is 3. The first-order valence-electron chi connectivity index (χ1n) is 6.37. The molecular formula is C14H17N3O4. The molecule has 7 nitrogen and oxygen atoms in total. The molecule has 112 valence electrons. The van der Waals surface area contributed by atoms with E-state index in [4.69, 9.17) is 20.0 Å². The molecule has 1 amide bonds. The van der Waals surface area contributed by atoms with E-state index >= 15 is 0 Å². The Balaban J connectivity index is 1.93. The number of benzene rings is 1. The molecule has 0 spiro atoms. The fraction of sp³-hybridized carbons (Fsp3) is 0.286. The number of carbonyl (C=O) groups is 1. The van der Waals surface area contributed by atoms with Gasteiger partial charge in [0.1, 0.15) is 18.1 Å². The van der Waals surface area contributed by atoms with Gasteiger partial charge in [0.2, 0.25) is 5.89 Å². The van der Waals surface area contributed by atoms with Crippen molar-refractivity contribution < 1.29 is 19.1 Å². The Kier molecular flexibility index (Phi) is 4.91. The Morgan fingerprint density at radius 2 is 2.19 bits per heavy atom. The highest BCUT2D eigenvalue weighted by atomic mass is 16.5. The first kappa shape index (κ1) is 15.0. The van der Waals surface area contributed by atoms with E-state index in [0.29, 0.717) is 6.54 Å². The number of nitrogens with zero attached hydrogens (tertiary/aromatic N) is 1. The van der Waals surface area contributed by atoms with Crippen molar-refractivity contribution in [3.8, 4) is 5.75 Å². The second-order valence-electron chi connectivity index (χ2n) is 4.39. The van der Waals surface area contributed by atoms with Crippen molar-refractivity contribution in [3.05, 3.63) is 47.7 Å². The Morgan fingerprint density at radius 1 is 1.48 bits per heavy atom. The molecule has 21 heavy (non-hydrogen) atoms. The number of ether oxygens (including phenoxy) is 1. The van der Waals surface area contributed by atoms with Crippen molar-refractivity contribution >= 4 is 5.91 Å². The zero-order chi connectivity index (χ0) is 15.2. The van der Waals surface area contributed by atoms with Crippen LogP contribution in [0.3, 0.4) is 0 Å². The Morgan fingerprint density at radius 3 is 2.81 bits per heavy atom. The van der Waals surface area contributed by atoms with Crippen LogP contribution in [0.15, 0.2) is 34.9 Å². The van der Waals surface area contributed by atoms with Crippen LogP contribution in [-0.2, 0) is 6.54 Å². The van der Waals surface area contributed by atoms with Gasteiger partial charge in [-0.15, -0.1) is 0 Å². The molecule has 0 aliphatic carbocycles. The minimum Gasteiger partial charge on any atom is -0.497 e. The van der Waals surface area contributed by atoms with Gasteiger partial charge in [0.05, 0.1) is 13.7 Å². The standard InChI is InChI=1S/C14H17N3O4/c1-20-10-4-2-9(3-5-10)6-16-13(19)12-8-21-14(17-12)11(15)7-18/h2-5,8,11,18H,6-7,15H2,1H3,(H,16,19). The first-order chi connectivity index (χ1) is 10.1. The average molecular weight is 291 g/mol. The SMILES string of the molecule is COc1ccc(CNC(=O)c2coc(C(N)CO)n2)cc1. The molecule has 1 unspecified atom stereocenters. The second-order valence-corrected chi connectivity index (χ2v) is 4.39. The van der Waals surface area contributed by atoms with E-state index in [2.05, 4.69) is 10.3 Å². The van der Waals surface area contributed by atoms with Gasteiger partial charge in [0, 0.05) is 6.54 Å². The Bertz CT molecular complexity index is 595. The number of carbonyl (C=O) groups excluding carboxylic acids is 1. The fourth-order valence-electron chi connectivity index (χ4n) is 1.66. The number of rotatable bonds is 6. The van der Waals surface area contributed by atoms with Gasteiger partial charge in [0.25, 0.3) is 5.91 Å². The number of aliphatic hydroxyl groups is 1. The Hall–Kier alpha value is -2.38. The predicted octanol–water partition coefficient (Wildman–Crippen LogP) is 0.605. The number of nitrogens with two attached hydrogens (primary N) is 1. The molecule has 0 aliphatic rings. The van der Waals surface area contributed by atoms with Crippen molar-refractivity contribution in [2.45, 2.75) is 12.6 Å². The van der Waals surface area contributed by atoms with Crippen LogP contribution in [0.25, 0.3) is 0 Å². The third-order valence-corrected chi connectivity index (χ3v) is 2.88. The molecule has 0 saturated carbocycles. The van der Waals surface area contributed by atoms with Gasteiger partial charge >= 0.3 is 0 Å². The van der Waals surface area contributed by atoms with E-state index in [1.807, 2.05) is 24.3 Å². The van der Waals surface area contributed by atoms with E-state index < -0.39 is 6.04 Å². The van der Waals surface area contributed by atoms with E-state index in [1.54, 1.807) is 7.11 Å². The highest BCUT2D eigenvalue weighted by Gasteiger charge is 2.16. The normalized spacial score (nSPS) is 12.0. The maximum absolute atomic E-state index is 11.9. The molecule has 4 N–H and O–H groups in total. The van der Waals surface area contributed by atoms with Crippen molar-refractivity contribution in [3.63, 3.8) is 0 Å². The predicted molar refractivity (Wildman–Crippen MR) is 74.7 cm³/mol. The lowest BCUT2D eigenvalue weighted by Crippen LogP contribution is -2.23. The van der Waals surface area contributed by atoms with Gasteiger partial charge in [-0.1, -0.05) is 12.1 Å².